The number of likely N-dealkylation sites (tertiary alicyclic amines) is 1. The second-order valence-electron chi connectivity index (χ2n) is 7.93. The van der Waals surface area contributed by atoms with Gasteiger partial charge in [0.25, 0.3) is 0 Å². The molecule has 3 fully saturated rings. The first-order valence-electron chi connectivity index (χ1n) is 9.27. The van der Waals surface area contributed by atoms with E-state index >= 15 is 0 Å². The lowest BCUT2D eigenvalue weighted by molar-refractivity contribution is 0.309. The van der Waals surface area contributed by atoms with Gasteiger partial charge in [0, 0.05) is 32.1 Å². The van der Waals surface area contributed by atoms with Gasteiger partial charge in [0.05, 0.1) is 0 Å². The first-order valence-corrected chi connectivity index (χ1v) is 9.27. The minimum atomic E-state index is 0.349. The van der Waals surface area contributed by atoms with E-state index in [1.54, 1.807) is 0 Å². The summed E-state index contributed by atoms with van der Waals surface area (Å²) in [6.45, 7) is 3.41. The van der Waals surface area contributed by atoms with Gasteiger partial charge in [-0.2, -0.15) is 0 Å². The Morgan fingerprint density at radius 2 is 1.83 bits per heavy atom. The van der Waals surface area contributed by atoms with Crippen molar-refractivity contribution in [1.82, 2.24) is 10.2 Å². The highest BCUT2D eigenvalue weighted by molar-refractivity contribution is 5.80. The third kappa shape index (κ3) is 2.86. The number of rotatable bonds is 3. The van der Waals surface area contributed by atoms with Crippen LogP contribution in [0.5, 0.6) is 0 Å². The van der Waals surface area contributed by atoms with Gasteiger partial charge in [-0.3, -0.25) is 4.99 Å². The Morgan fingerprint density at radius 3 is 2.48 bits per heavy atom. The van der Waals surface area contributed by atoms with E-state index in [9.17, 15) is 0 Å². The highest BCUT2D eigenvalue weighted by atomic mass is 15.3. The van der Waals surface area contributed by atoms with Gasteiger partial charge in [-0.15, -0.1) is 0 Å². The highest BCUT2D eigenvalue weighted by Crippen LogP contribution is 2.48. The summed E-state index contributed by atoms with van der Waals surface area (Å²) in [6, 6.07) is 11.0. The van der Waals surface area contributed by atoms with E-state index in [0.29, 0.717) is 10.8 Å². The maximum Gasteiger partial charge on any atom is 0.193 e. The zero-order valence-corrected chi connectivity index (χ0v) is 14.4. The number of benzene rings is 1. The molecule has 1 saturated heterocycles. The van der Waals surface area contributed by atoms with Crippen molar-refractivity contribution in [3.8, 4) is 0 Å². The van der Waals surface area contributed by atoms with Crippen molar-refractivity contribution in [2.24, 2.45) is 10.4 Å². The summed E-state index contributed by atoms with van der Waals surface area (Å²) in [5, 5.41) is 3.69. The molecule has 4 rings (SSSR count). The minimum absolute atomic E-state index is 0.349. The molecule has 1 aromatic carbocycles. The molecule has 124 valence electrons. The predicted octanol–water partition coefficient (Wildman–Crippen LogP) is 3.56. The molecule has 2 aliphatic carbocycles. The second kappa shape index (κ2) is 5.85. The van der Waals surface area contributed by atoms with E-state index in [2.05, 4.69) is 45.5 Å². The van der Waals surface area contributed by atoms with Crippen LogP contribution in [0.15, 0.2) is 35.3 Å². The van der Waals surface area contributed by atoms with Crippen molar-refractivity contribution >= 4 is 5.96 Å². The van der Waals surface area contributed by atoms with Crippen LogP contribution in [-0.4, -0.2) is 37.5 Å². The van der Waals surface area contributed by atoms with Gasteiger partial charge < -0.3 is 10.2 Å². The Kier molecular flexibility index (Phi) is 3.82. The van der Waals surface area contributed by atoms with Crippen LogP contribution in [0.3, 0.4) is 0 Å². The Bertz CT molecular complexity index is 568. The molecule has 0 unspecified atom stereocenters. The fourth-order valence-electron chi connectivity index (χ4n) is 4.74. The molecule has 3 heteroatoms. The summed E-state index contributed by atoms with van der Waals surface area (Å²) in [5.74, 6) is 1.12. The molecule has 0 aromatic heterocycles. The molecule has 23 heavy (non-hydrogen) atoms. The third-order valence-electron chi connectivity index (χ3n) is 6.44. The summed E-state index contributed by atoms with van der Waals surface area (Å²) in [5.41, 5.74) is 2.44. The normalized spacial score (nSPS) is 25.1. The molecule has 0 atom stereocenters. The molecule has 2 saturated carbocycles. The average Bonchev–Trinajstić information content (AvgIpc) is 3.07. The van der Waals surface area contributed by atoms with E-state index in [1.807, 2.05) is 7.05 Å². The summed E-state index contributed by atoms with van der Waals surface area (Å²) < 4.78 is 0. The molecular formula is C20H29N3. The van der Waals surface area contributed by atoms with Crippen LogP contribution in [0.1, 0.15) is 50.5 Å². The lowest BCUT2D eigenvalue weighted by Crippen LogP contribution is -2.43. The number of nitrogens with one attached hydrogen (secondary N) is 1. The molecule has 1 heterocycles. The zero-order valence-electron chi connectivity index (χ0n) is 14.4. The van der Waals surface area contributed by atoms with E-state index in [1.165, 1.54) is 63.6 Å². The van der Waals surface area contributed by atoms with Crippen LogP contribution in [0.4, 0.5) is 0 Å². The topological polar surface area (TPSA) is 27.6 Å². The van der Waals surface area contributed by atoms with Crippen LogP contribution in [0, 0.1) is 5.41 Å². The second-order valence-corrected chi connectivity index (χ2v) is 7.93. The molecule has 1 spiro atoms. The van der Waals surface area contributed by atoms with Gasteiger partial charge in [-0.05, 0) is 43.1 Å². The number of nitrogens with zero attached hydrogens (tertiary/aromatic N) is 2. The maximum atomic E-state index is 4.58. The SMILES string of the molecule is CN=C(NCC1(c2ccccc2)CC1)N1CCC2(CCCC2)C1. The molecule has 1 aromatic rings. The Morgan fingerprint density at radius 1 is 1.09 bits per heavy atom. The van der Waals surface area contributed by atoms with Crippen molar-refractivity contribution in [2.45, 2.75) is 50.4 Å². The molecule has 3 nitrogen and oxygen atoms in total. The fraction of sp³-hybridized carbons (Fsp3) is 0.650. The maximum absolute atomic E-state index is 4.58. The Balaban J connectivity index is 1.38. The van der Waals surface area contributed by atoms with E-state index in [0.717, 1.165) is 12.5 Å². The summed E-state index contributed by atoms with van der Waals surface area (Å²) in [6.07, 6.45) is 9.66. The van der Waals surface area contributed by atoms with Crippen molar-refractivity contribution in [3.63, 3.8) is 0 Å². The molecule has 0 bridgehead atoms. The summed E-state index contributed by atoms with van der Waals surface area (Å²) >= 11 is 0. The van der Waals surface area contributed by atoms with Crippen molar-refractivity contribution in [3.05, 3.63) is 35.9 Å². The quantitative estimate of drug-likeness (QED) is 0.683. The monoisotopic (exact) mass is 311 g/mol. The average molecular weight is 311 g/mol. The smallest absolute Gasteiger partial charge is 0.193 e. The number of aliphatic imine (C=N–C) groups is 1. The van der Waals surface area contributed by atoms with E-state index in [4.69, 9.17) is 0 Å². The van der Waals surface area contributed by atoms with Gasteiger partial charge in [-0.1, -0.05) is 43.2 Å². The Hall–Kier alpha value is -1.51. The number of hydrogen-bond acceptors (Lipinski definition) is 1. The van der Waals surface area contributed by atoms with E-state index in [-0.39, 0.29) is 0 Å². The first kappa shape index (κ1) is 15.0. The lowest BCUT2D eigenvalue weighted by atomic mass is 9.86. The lowest BCUT2D eigenvalue weighted by Gasteiger charge is -2.27. The number of hydrogen-bond donors (Lipinski definition) is 1. The summed E-state index contributed by atoms with van der Waals surface area (Å²) in [7, 11) is 1.93. The first-order chi connectivity index (χ1) is 11.3. The van der Waals surface area contributed by atoms with Crippen molar-refractivity contribution < 1.29 is 0 Å². The van der Waals surface area contributed by atoms with Crippen LogP contribution in [0.2, 0.25) is 0 Å². The van der Waals surface area contributed by atoms with Crippen LogP contribution in [0.25, 0.3) is 0 Å². The molecule has 0 radical (unpaired) electrons. The van der Waals surface area contributed by atoms with Crippen molar-refractivity contribution in [2.75, 3.05) is 26.7 Å². The molecule has 1 aliphatic heterocycles. The number of guanidine groups is 1. The van der Waals surface area contributed by atoms with Gasteiger partial charge in [0.2, 0.25) is 0 Å². The highest BCUT2D eigenvalue weighted by Gasteiger charge is 2.45. The largest absolute Gasteiger partial charge is 0.355 e. The predicted molar refractivity (Wildman–Crippen MR) is 95.8 cm³/mol. The van der Waals surface area contributed by atoms with Crippen LogP contribution >= 0.6 is 0 Å². The molecular weight excluding hydrogens is 282 g/mol. The van der Waals surface area contributed by atoms with Crippen molar-refractivity contribution in [1.29, 1.82) is 0 Å². The summed E-state index contributed by atoms with van der Waals surface area (Å²) in [4.78, 5) is 7.09. The van der Waals surface area contributed by atoms with Gasteiger partial charge in [0.1, 0.15) is 0 Å². The molecule has 1 N–H and O–H groups in total. The van der Waals surface area contributed by atoms with Gasteiger partial charge in [0.15, 0.2) is 5.96 Å². The minimum Gasteiger partial charge on any atom is -0.355 e. The zero-order chi connectivity index (χ0) is 15.8. The van der Waals surface area contributed by atoms with Gasteiger partial charge in [-0.25, -0.2) is 0 Å². The van der Waals surface area contributed by atoms with E-state index < -0.39 is 0 Å². The van der Waals surface area contributed by atoms with Gasteiger partial charge >= 0.3 is 0 Å². The van der Waals surface area contributed by atoms with Crippen LogP contribution in [-0.2, 0) is 5.41 Å². The standard InChI is InChI=1S/C20H29N3/c1-21-18(23-14-13-19(16-23)9-5-6-10-19)22-15-20(11-12-20)17-7-3-2-4-8-17/h2-4,7-8H,5-6,9-16H2,1H3,(H,21,22). The fourth-order valence-corrected chi connectivity index (χ4v) is 4.74. The molecule has 3 aliphatic rings. The Labute approximate surface area is 140 Å². The third-order valence-corrected chi connectivity index (χ3v) is 6.44. The van der Waals surface area contributed by atoms with Crippen LogP contribution < -0.4 is 5.32 Å². The molecule has 0 amide bonds.